The lowest BCUT2D eigenvalue weighted by atomic mass is 10.1. The topological polar surface area (TPSA) is 154 Å². The Hall–Kier alpha value is -4.48. The van der Waals surface area contributed by atoms with Crippen molar-refractivity contribution >= 4 is 41.5 Å². The van der Waals surface area contributed by atoms with Gasteiger partial charge in [-0.15, -0.1) is 0 Å². The van der Waals surface area contributed by atoms with Crippen LogP contribution in [0.3, 0.4) is 0 Å². The summed E-state index contributed by atoms with van der Waals surface area (Å²) in [5.74, 6) is 0.203. The van der Waals surface area contributed by atoms with E-state index >= 15 is 0 Å². The quantitative estimate of drug-likeness (QED) is 0.264. The van der Waals surface area contributed by atoms with Crippen LogP contribution in [-0.2, 0) is 11.3 Å². The number of carbonyl (C=O) groups is 3. The van der Waals surface area contributed by atoms with Crippen molar-refractivity contribution in [3.05, 3.63) is 52.8 Å². The lowest BCUT2D eigenvalue weighted by Crippen LogP contribution is -2.22. The molecule has 12 nitrogen and oxygen atoms in total. The molecule has 168 valence electrons. The molecule has 5 rings (SSSR count). The van der Waals surface area contributed by atoms with Gasteiger partial charge in [0.1, 0.15) is 5.70 Å². The largest absolute Gasteiger partial charge is 0.355 e. The summed E-state index contributed by atoms with van der Waals surface area (Å²) in [4.78, 5) is 44.4. The van der Waals surface area contributed by atoms with E-state index in [4.69, 9.17) is 0 Å². The number of carbonyl (C=O) groups excluding carboxylic acids is 3. The molecule has 1 aliphatic carbocycles. The zero-order valence-electron chi connectivity index (χ0n) is 17.7. The fraction of sp³-hybridized carbons (Fsp3) is 0.238. The van der Waals surface area contributed by atoms with Gasteiger partial charge in [0, 0.05) is 30.8 Å². The molecule has 2 aromatic heterocycles. The van der Waals surface area contributed by atoms with E-state index < -0.39 is 11.9 Å². The molecule has 1 aromatic carbocycles. The first-order valence-electron chi connectivity index (χ1n) is 10.4. The molecule has 12 heteroatoms. The normalized spacial score (nSPS) is 16.6. The Morgan fingerprint density at radius 3 is 2.82 bits per heavy atom. The van der Waals surface area contributed by atoms with Crippen LogP contribution in [0.1, 0.15) is 34.3 Å². The highest BCUT2D eigenvalue weighted by Gasteiger charge is 2.26. The molecule has 33 heavy (non-hydrogen) atoms. The van der Waals surface area contributed by atoms with Gasteiger partial charge in [0.25, 0.3) is 11.8 Å². The molecule has 0 bridgehead atoms. The number of nitrogens with zero attached hydrogens (tertiary/aromatic N) is 4. The van der Waals surface area contributed by atoms with Gasteiger partial charge >= 0.3 is 6.03 Å². The summed E-state index contributed by atoms with van der Waals surface area (Å²) in [6, 6.07) is 7.00. The van der Waals surface area contributed by atoms with Crippen LogP contribution < -0.4 is 26.6 Å². The predicted octanol–water partition coefficient (Wildman–Crippen LogP) is 0.851. The minimum absolute atomic E-state index is 0.116. The van der Waals surface area contributed by atoms with Gasteiger partial charge in [0.05, 0.1) is 6.20 Å². The van der Waals surface area contributed by atoms with Gasteiger partial charge in [0.15, 0.2) is 5.65 Å². The molecule has 0 unspecified atom stereocenters. The van der Waals surface area contributed by atoms with E-state index in [9.17, 15) is 14.4 Å². The van der Waals surface area contributed by atoms with E-state index in [2.05, 4.69) is 41.7 Å². The minimum atomic E-state index is -0.574. The summed E-state index contributed by atoms with van der Waals surface area (Å²) in [6.07, 6.45) is 5.17. The van der Waals surface area contributed by atoms with Crippen LogP contribution in [0, 0.1) is 0 Å². The molecular weight excluding hydrogens is 426 g/mol. The molecule has 2 fully saturated rings. The Kier molecular flexibility index (Phi) is 5.09. The number of anilines is 2. The maximum atomic E-state index is 11.9. The number of fused-ring (bicyclic) bond motifs is 1. The number of imide groups is 1. The van der Waals surface area contributed by atoms with Crippen molar-refractivity contribution < 1.29 is 14.4 Å². The fourth-order valence-electron chi connectivity index (χ4n) is 3.36. The lowest BCUT2D eigenvalue weighted by molar-refractivity contribution is -0.115. The predicted molar refractivity (Wildman–Crippen MR) is 119 cm³/mol. The first-order chi connectivity index (χ1) is 16.0. The van der Waals surface area contributed by atoms with E-state index in [1.165, 1.54) is 6.08 Å². The maximum Gasteiger partial charge on any atom is 0.326 e. The van der Waals surface area contributed by atoms with Gasteiger partial charge in [-0.1, -0.05) is 12.1 Å². The lowest BCUT2D eigenvalue weighted by Gasteiger charge is -2.11. The zero-order valence-corrected chi connectivity index (χ0v) is 17.7. The summed E-state index contributed by atoms with van der Waals surface area (Å²) in [5, 5.41) is 18.1. The van der Waals surface area contributed by atoms with Crippen LogP contribution in [0.4, 0.5) is 16.7 Å². The second-order valence-corrected chi connectivity index (χ2v) is 7.72. The van der Waals surface area contributed by atoms with E-state index in [0.29, 0.717) is 41.3 Å². The first kappa shape index (κ1) is 20.4. The third-order valence-electron chi connectivity index (χ3n) is 5.19. The number of nitrogens with one attached hydrogen (secondary N) is 5. The summed E-state index contributed by atoms with van der Waals surface area (Å²) in [7, 11) is 1.59. The van der Waals surface area contributed by atoms with Crippen molar-refractivity contribution in [3.63, 3.8) is 0 Å². The molecule has 1 aliphatic heterocycles. The molecule has 4 amide bonds. The molecule has 0 radical (unpaired) electrons. The number of rotatable bonds is 7. The van der Waals surface area contributed by atoms with Gasteiger partial charge in [-0.25, -0.2) is 4.79 Å². The van der Waals surface area contributed by atoms with Gasteiger partial charge in [-0.2, -0.15) is 19.6 Å². The van der Waals surface area contributed by atoms with E-state index in [0.717, 1.165) is 18.4 Å². The number of urea groups is 1. The molecular formula is C21H21N9O3. The van der Waals surface area contributed by atoms with Gasteiger partial charge < -0.3 is 21.3 Å². The minimum Gasteiger partial charge on any atom is -0.355 e. The number of hydrogen-bond donors (Lipinski definition) is 5. The Balaban J connectivity index is 1.46. The maximum absolute atomic E-state index is 11.9. The Bertz CT molecular complexity index is 1310. The first-order valence-corrected chi connectivity index (χ1v) is 10.4. The van der Waals surface area contributed by atoms with Crippen molar-refractivity contribution in [2.24, 2.45) is 0 Å². The number of amides is 4. The van der Waals surface area contributed by atoms with E-state index in [1.807, 2.05) is 12.1 Å². The average Bonchev–Trinajstić information content (AvgIpc) is 3.45. The second-order valence-electron chi connectivity index (χ2n) is 7.72. The van der Waals surface area contributed by atoms with Crippen molar-refractivity contribution in [2.45, 2.75) is 25.4 Å². The fourth-order valence-corrected chi connectivity index (χ4v) is 3.36. The number of benzene rings is 1. The van der Waals surface area contributed by atoms with Gasteiger partial charge in [0.2, 0.25) is 11.9 Å². The van der Waals surface area contributed by atoms with Crippen LogP contribution in [0.15, 0.2) is 36.2 Å². The second kappa shape index (κ2) is 8.22. The smallest absolute Gasteiger partial charge is 0.326 e. The Labute approximate surface area is 187 Å². The van der Waals surface area contributed by atoms with Gasteiger partial charge in [-0.05, 0) is 36.6 Å². The van der Waals surface area contributed by atoms with Gasteiger partial charge in [-0.3, -0.25) is 14.9 Å². The number of hydrogen-bond acceptors (Lipinski definition) is 8. The van der Waals surface area contributed by atoms with Crippen LogP contribution in [-0.4, -0.2) is 50.5 Å². The Morgan fingerprint density at radius 2 is 2.09 bits per heavy atom. The van der Waals surface area contributed by atoms with Crippen LogP contribution in [0.25, 0.3) is 11.7 Å². The molecule has 1 saturated carbocycles. The molecule has 3 heterocycles. The average molecular weight is 447 g/mol. The van der Waals surface area contributed by atoms with Crippen molar-refractivity contribution in [1.82, 2.24) is 35.5 Å². The highest BCUT2D eigenvalue weighted by molar-refractivity contribution is 6.14. The molecule has 0 atom stereocenters. The zero-order chi connectivity index (χ0) is 22.9. The molecule has 0 spiro atoms. The standard InChI is InChI=1S/C21H21N9O3/c1-22-17(31)12-4-2-3-11(7-12)9-23-19-27-16-13(8-15-18(32)28-21(33)26-15)10-24-30(16)20(29-19)25-14-5-6-14/h2-4,7-8,10,14H,5-6,9H2,1H3,(H,22,31)(H2,23,25,27,29)(H2,26,28,32,33)/b15-8-. The molecule has 3 aromatic rings. The van der Waals surface area contributed by atoms with E-state index in [1.54, 1.807) is 29.9 Å². The third kappa shape index (κ3) is 4.31. The highest BCUT2D eigenvalue weighted by Crippen LogP contribution is 2.25. The summed E-state index contributed by atoms with van der Waals surface area (Å²) < 4.78 is 1.57. The SMILES string of the molecule is CNC(=O)c1cccc(CNc2nc(NC3CC3)n3ncc(/C=C4\NC(=O)NC4=O)c3n2)c1. The van der Waals surface area contributed by atoms with Crippen LogP contribution >= 0.6 is 0 Å². The molecule has 5 N–H and O–H groups in total. The third-order valence-corrected chi connectivity index (χ3v) is 5.19. The van der Waals surface area contributed by atoms with Crippen LogP contribution in [0.2, 0.25) is 0 Å². The summed E-state index contributed by atoms with van der Waals surface area (Å²) >= 11 is 0. The molecule has 1 saturated heterocycles. The van der Waals surface area contributed by atoms with Crippen LogP contribution in [0.5, 0.6) is 0 Å². The van der Waals surface area contributed by atoms with Crippen molar-refractivity contribution in [3.8, 4) is 0 Å². The summed E-state index contributed by atoms with van der Waals surface area (Å²) in [6.45, 7) is 0.396. The van der Waals surface area contributed by atoms with E-state index in [-0.39, 0.29) is 11.6 Å². The number of aromatic nitrogens is 4. The molecule has 2 aliphatic rings. The monoisotopic (exact) mass is 447 g/mol. The Morgan fingerprint density at radius 1 is 1.24 bits per heavy atom. The van der Waals surface area contributed by atoms with Crippen molar-refractivity contribution in [2.75, 3.05) is 17.7 Å². The summed E-state index contributed by atoms with van der Waals surface area (Å²) in [5.41, 5.74) is 2.58. The highest BCUT2D eigenvalue weighted by atomic mass is 16.2. The van der Waals surface area contributed by atoms with Crippen molar-refractivity contribution in [1.29, 1.82) is 0 Å².